The summed E-state index contributed by atoms with van der Waals surface area (Å²) in [7, 11) is 1.65. The lowest BCUT2D eigenvalue weighted by atomic mass is 9.48. The number of benzene rings is 1. The fraction of sp³-hybridized carbons (Fsp3) is 0.750. The first-order valence-electron chi connectivity index (χ1n) is 13.5. The normalized spacial score (nSPS) is 46.8. The number of ether oxygens (including phenoxy) is 1. The van der Waals surface area contributed by atoms with Crippen molar-refractivity contribution in [2.75, 3.05) is 7.11 Å². The summed E-state index contributed by atoms with van der Waals surface area (Å²) in [5.74, 6) is 5.82. The lowest BCUT2D eigenvalue weighted by Crippen LogP contribution is -2.52. The van der Waals surface area contributed by atoms with E-state index in [0.29, 0.717) is 23.7 Å². The Kier molecular flexibility index (Phi) is 4.43. The largest absolute Gasteiger partial charge is 0.497 e. The molecule has 7 rings (SSSR count). The van der Waals surface area contributed by atoms with Gasteiger partial charge in [0.2, 0.25) is 0 Å². The van der Waals surface area contributed by atoms with Crippen LogP contribution in [0.5, 0.6) is 5.75 Å². The first-order valence-corrected chi connectivity index (χ1v) is 13.5. The Labute approximate surface area is 201 Å². The van der Waals surface area contributed by atoms with Gasteiger partial charge in [0.05, 0.1) is 12.7 Å². The monoisotopic (exact) mass is 463 g/mol. The number of carbonyl (C=O) groups is 1. The van der Waals surface area contributed by atoms with Crippen LogP contribution in [0.2, 0.25) is 0 Å². The maximum absolute atomic E-state index is 14.1. The maximum Gasteiger partial charge on any atom is 0.252 e. The predicted octanol–water partition coefficient (Wildman–Crippen LogP) is 4.96. The van der Waals surface area contributed by atoms with Crippen molar-refractivity contribution in [3.05, 3.63) is 18.2 Å². The number of hydrogen-bond donors (Lipinski definition) is 1. The van der Waals surface area contributed by atoms with Gasteiger partial charge in [0, 0.05) is 12.0 Å². The van der Waals surface area contributed by atoms with Gasteiger partial charge >= 0.3 is 0 Å². The lowest BCUT2D eigenvalue weighted by molar-refractivity contribution is -0.104. The second kappa shape index (κ2) is 7.05. The molecular formula is C28H37N3O3. The Balaban J connectivity index is 1.19. The molecule has 1 aromatic heterocycles. The van der Waals surface area contributed by atoms with Crippen molar-refractivity contribution in [3.8, 4) is 5.75 Å². The zero-order valence-corrected chi connectivity index (χ0v) is 20.6. The molecule has 0 radical (unpaired) electrons. The standard InChI is InChI=1S/C28H37N3O3/c1-27(33)10-8-17-15(14-27)4-6-19-18(17)9-11-28(2)24(19)20-13-21(20)25(28)26(32)31-23-12-16(34-3)5-7-22(23)29-30-31/h5,7,12,15,17-21,24-25,33H,4,6,8-11,13-14H2,1-3H3/t15-,17+,18-,19-,20-,21+,24-,25-,27-,28+/m1/s1. The van der Waals surface area contributed by atoms with Gasteiger partial charge < -0.3 is 9.84 Å². The predicted molar refractivity (Wildman–Crippen MR) is 128 cm³/mol. The zero-order valence-electron chi connectivity index (χ0n) is 20.6. The van der Waals surface area contributed by atoms with Crippen molar-refractivity contribution in [2.24, 2.45) is 52.8 Å². The molecule has 5 aliphatic carbocycles. The van der Waals surface area contributed by atoms with Crippen LogP contribution in [-0.2, 0) is 0 Å². The third-order valence-electron chi connectivity index (χ3n) is 11.2. The van der Waals surface area contributed by atoms with Gasteiger partial charge in [0.1, 0.15) is 16.8 Å². The van der Waals surface area contributed by atoms with Crippen molar-refractivity contribution in [1.82, 2.24) is 15.0 Å². The molecule has 34 heavy (non-hydrogen) atoms. The van der Waals surface area contributed by atoms with E-state index in [1.54, 1.807) is 11.8 Å². The Hall–Kier alpha value is -1.95. The highest BCUT2D eigenvalue weighted by molar-refractivity contribution is 5.91. The van der Waals surface area contributed by atoms with Crippen LogP contribution in [0.15, 0.2) is 18.2 Å². The summed E-state index contributed by atoms with van der Waals surface area (Å²) in [6.45, 7) is 4.47. The van der Waals surface area contributed by atoms with Gasteiger partial charge in [-0.1, -0.05) is 12.1 Å². The van der Waals surface area contributed by atoms with E-state index in [1.165, 1.54) is 32.1 Å². The second-order valence-corrected chi connectivity index (χ2v) is 12.9. The molecule has 1 N–H and O–H groups in total. The van der Waals surface area contributed by atoms with E-state index in [2.05, 4.69) is 17.2 Å². The highest BCUT2D eigenvalue weighted by Gasteiger charge is 2.71. The molecule has 1 heterocycles. The smallest absolute Gasteiger partial charge is 0.252 e. The average Bonchev–Trinajstić information content (AvgIpc) is 3.35. The number of nitrogens with zero attached hydrogens (tertiary/aromatic N) is 3. The van der Waals surface area contributed by atoms with E-state index in [4.69, 9.17) is 4.74 Å². The minimum absolute atomic E-state index is 0.0457. The van der Waals surface area contributed by atoms with Gasteiger partial charge in [-0.05, 0) is 117 Å². The number of aromatic nitrogens is 3. The van der Waals surface area contributed by atoms with Crippen LogP contribution in [-0.4, -0.2) is 38.7 Å². The minimum atomic E-state index is -0.465. The van der Waals surface area contributed by atoms with Gasteiger partial charge in [-0.2, -0.15) is 4.68 Å². The van der Waals surface area contributed by atoms with Crippen LogP contribution < -0.4 is 4.74 Å². The molecule has 5 aliphatic rings. The zero-order chi connectivity index (χ0) is 23.4. The second-order valence-electron chi connectivity index (χ2n) is 12.9. The molecule has 2 aromatic rings. The number of hydrogen-bond acceptors (Lipinski definition) is 5. The van der Waals surface area contributed by atoms with Crippen molar-refractivity contribution in [3.63, 3.8) is 0 Å². The molecule has 5 fully saturated rings. The molecule has 6 nitrogen and oxygen atoms in total. The molecule has 0 saturated heterocycles. The average molecular weight is 464 g/mol. The van der Waals surface area contributed by atoms with E-state index < -0.39 is 5.60 Å². The van der Waals surface area contributed by atoms with E-state index in [1.807, 2.05) is 25.1 Å². The van der Waals surface area contributed by atoms with E-state index in [9.17, 15) is 9.90 Å². The molecule has 6 heteroatoms. The first-order chi connectivity index (χ1) is 16.3. The molecule has 0 aliphatic heterocycles. The van der Waals surface area contributed by atoms with Gasteiger partial charge in [-0.25, -0.2) is 0 Å². The molecule has 1 aromatic carbocycles. The van der Waals surface area contributed by atoms with Crippen molar-refractivity contribution < 1.29 is 14.6 Å². The molecule has 5 saturated carbocycles. The lowest BCUT2D eigenvalue weighted by Gasteiger charge is -2.57. The summed E-state index contributed by atoms with van der Waals surface area (Å²) in [4.78, 5) is 14.1. The van der Waals surface area contributed by atoms with Crippen molar-refractivity contribution in [2.45, 2.75) is 70.8 Å². The van der Waals surface area contributed by atoms with E-state index >= 15 is 0 Å². The molecule has 10 atom stereocenters. The Morgan fingerprint density at radius 3 is 2.71 bits per heavy atom. The van der Waals surface area contributed by atoms with Crippen LogP contribution in [0.3, 0.4) is 0 Å². The summed E-state index contributed by atoms with van der Waals surface area (Å²) >= 11 is 0. The van der Waals surface area contributed by atoms with Gasteiger partial charge in [-0.15, -0.1) is 5.10 Å². The topological polar surface area (TPSA) is 77.2 Å². The third kappa shape index (κ3) is 2.87. The number of fused-ring (bicyclic) bond motifs is 8. The van der Waals surface area contributed by atoms with E-state index in [0.717, 1.165) is 53.8 Å². The number of carbonyl (C=O) groups excluding carboxylic acids is 1. The quantitative estimate of drug-likeness (QED) is 0.681. The van der Waals surface area contributed by atoms with Gasteiger partial charge in [-0.3, -0.25) is 4.79 Å². The molecule has 0 amide bonds. The summed E-state index contributed by atoms with van der Waals surface area (Å²) < 4.78 is 6.99. The van der Waals surface area contributed by atoms with Crippen LogP contribution in [0.25, 0.3) is 11.0 Å². The van der Waals surface area contributed by atoms with Gasteiger partial charge in [0.15, 0.2) is 0 Å². The molecule has 182 valence electrons. The van der Waals surface area contributed by atoms with E-state index in [-0.39, 0.29) is 17.2 Å². The SMILES string of the molecule is COc1ccc2nnn(C(=O)[C@H]3[C@H]4C[C@H]4[C@H]4[C@@H]5CC[C@@H]6C[C@](C)(O)CC[C@@H]6[C@H]5CC[C@@]43C)c2c1. The van der Waals surface area contributed by atoms with Crippen LogP contribution >= 0.6 is 0 Å². The number of rotatable bonds is 2. The third-order valence-corrected chi connectivity index (χ3v) is 11.2. The van der Waals surface area contributed by atoms with Crippen LogP contribution in [0, 0.1) is 52.8 Å². The van der Waals surface area contributed by atoms with Crippen molar-refractivity contribution >= 4 is 16.9 Å². The molecule has 0 bridgehead atoms. The molecule has 0 spiro atoms. The Bertz CT molecular complexity index is 1160. The fourth-order valence-electron chi connectivity index (χ4n) is 9.83. The number of methoxy groups -OCH3 is 1. The maximum atomic E-state index is 14.1. The summed E-state index contributed by atoms with van der Waals surface area (Å²) in [6, 6.07) is 5.65. The Morgan fingerprint density at radius 2 is 1.88 bits per heavy atom. The minimum Gasteiger partial charge on any atom is -0.497 e. The summed E-state index contributed by atoms with van der Waals surface area (Å²) in [5.41, 5.74) is 1.11. The van der Waals surface area contributed by atoms with Crippen LogP contribution in [0.4, 0.5) is 0 Å². The first kappa shape index (κ1) is 21.3. The highest BCUT2D eigenvalue weighted by atomic mass is 16.5. The highest BCUT2D eigenvalue weighted by Crippen LogP contribution is 2.74. The fourth-order valence-corrected chi connectivity index (χ4v) is 9.83. The summed E-state index contributed by atoms with van der Waals surface area (Å²) in [6.07, 6.45) is 9.28. The summed E-state index contributed by atoms with van der Waals surface area (Å²) in [5, 5.41) is 19.3. The molecular weight excluding hydrogens is 426 g/mol. The van der Waals surface area contributed by atoms with Gasteiger partial charge in [0.25, 0.3) is 5.91 Å². The van der Waals surface area contributed by atoms with Crippen molar-refractivity contribution in [1.29, 1.82) is 0 Å². The molecule has 0 unspecified atom stereocenters. The number of aliphatic hydroxyl groups is 1. The van der Waals surface area contributed by atoms with Crippen LogP contribution in [0.1, 0.15) is 70.0 Å². The Morgan fingerprint density at radius 1 is 1.06 bits per heavy atom.